The Kier molecular flexibility index (Phi) is 3.99. The molecule has 0 saturated carbocycles. The summed E-state index contributed by atoms with van der Waals surface area (Å²) in [5, 5.41) is 12.2. The summed E-state index contributed by atoms with van der Waals surface area (Å²) in [6, 6.07) is 7.41. The fourth-order valence-electron chi connectivity index (χ4n) is 1.06. The van der Waals surface area contributed by atoms with Crippen molar-refractivity contribution in [3.8, 4) is 6.07 Å². The van der Waals surface area contributed by atoms with E-state index in [0.717, 1.165) is 15.7 Å². The standard InChI is InChI=1S/C10H8BrClN2/c1-14-10(4-5-13)8-3-2-7(12)6-9(8)11/h2-4,6,14H,1H3/b10-4-. The normalized spacial score (nSPS) is 10.9. The number of benzene rings is 1. The van der Waals surface area contributed by atoms with Crippen LogP contribution in [0.15, 0.2) is 28.7 Å². The third kappa shape index (κ3) is 2.50. The molecule has 0 heterocycles. The molecule has 0 aromatic heterocycles. The molecule has 0 aliphatic carbocycles. The van der Waals surface area contributed by atoms with E-state index in [-0.39, 0.29) is 0 Å². The minimum absolute atomic E-state index is 0.660. The molecule has 1 rings (SSSR count). The third-order valence-electron chi connectivity index (χ3n) is 1.70. The summed E-state index contributed by atoms with van der Waals surface area (Å²) >= 11 is 9.19. The van der Waals surface area contributed by atoms with Crippen LogP contribution in [0.25, 0.3) is 5.70 Å². The lowest BCUT2D eigenvalue weighted by Gasteiger charge is -2.07. The van der Waals surface area contributed by atoms with Crippen LogP contribution in [0.1, 0.15) is 5.56 Å². The maximum atomic E-state index is 8.57. The van der Waals surface area contributed by atoms with Gasteiger partial charge >= 0.3 is 0 Å². The Labute approximate surface area is 96.3 Å². The largest absolute Gasteiger partial charge is 0.387 e. The molecule has 1 aromatic carbocycles. The summed E-state index contributed by atoms with van der Waals surface area (Å²) < 4.78 is 0.862. The van der Waals surface area contributed by atoms with E-state index in [2.05, 4.69) is 21.2 Å². The van der Waals surface area contributed by atoms with Crippen LogP contribution in [0.5, 0.6) is 0 Å². The fraction of sp³-hybridized carbons (Fsp3) is 0.100. The number of hydrogen-bond acceptors (Lipinski definition) is 2. The topological polar surface area (TPSA) is 35.8 Å². The van der Waals surface area contributed by atoms with Crippen LogP contribution >= 0.6 is 27.5 Å². The zero-order valence-electron chi connectivity index (χ0n) is 7.51. The summed E-state index contributed by atoms with van der Waals surface area (Å²) in [6.07, 6.45) is 1.45. The van der Waals surface area contributed by atoms with Gasteiger partial charge < -0.3 is 5.32 Å². The van der Waals surface area contributed by atoms with Gasteiger partial charge in [0.2, 0.25) is 0 Å². The lowest BCUT2D eigenvalue weighted by molar-refractivity contribution is 1.12. The van der Waals surface area contributed by atoms with E-state index in [0.29, 0.717) is 5.02 Å². The molecule has 14 heavy (non-hydrogen) atoms. The van der Waals surface area contributed by atoms with E-state index in [4.69, 9.17) is 16.9 Å². The maximum absolute atomic E-state index is 8.57. The molecule has 0 aliphatic rings. The number of halogens is 2. The molecule has 0 atom stereocenters. The highest BCUT2D eigenvalue weighted by molar-refractivity contribution is 9.10. The van der Waals surface area contributed by atoms with E-state index >= 15 is 0 Å². The molecule has 72 valence electrons. The second-order valence-electron chi connectivity index (χ2n) is 2.56. The Morgan fingerprint density at radius 1 is 1.64 bits per heavy atom. The van der Waals surface area contributed by atoms with Gasteiger partial charge in [0.1, 0.15) is 0 Å². The van der Waals surface area contributed by atoms with E-state index < -0.39 is 0 Å². The van der Waals surface area contributed by atoms with Crippen molar-refractivity contribution in [1.29, 1.82) is 5.26 Å². The SMILES string of the molecule is CN/C(=C\C#N)c1ccc(Cl)cc1Br. The molecule has 0 aliphatic heterocycles. The smallest absolute Gasteiger partial charge is 0.0933 e. The van der Waals surface area contributed by atoms with Crippen molar-refractivity contribution in [2.75, 3.05) is 7.05 Å². The summed E-state index contributed by atoms with van der Waals surface area (Å²) in [6.45, 7) is 0. The van der Waals surface area contributed by atoms with Crippen molar-refractivity contribution in [3.05, 3.63) is 39.3 Å². The van der Waals surface area contributed by atoms with E-state index in [1.165, 1.54) is 6.08 Å². The minimum atomic E-state index is 0.660. The summed E-state index contributed by atoms with van der Waals surface area (Å²) in [7, 11) is 1.77. The van der Waals surface area contributed by atoms with Gasteiger partial charge in [-0.3, -0.25) is 0 Å². The monoisotopic (exact) mass is 270 g/mol. The van der Waals surface area contributed by atoms with Gasteiger partial charge in [-0.2, -0.15) is 5.26 Å². The first-order chi connectivity index (χ1) is 6.69. The van der Waals surface area contributed by atoms with Crippen LogP contribution in [0.2, 0.25) is 5.02 Å². The highest BCUT2D eigenvalue weighted by Crippen LogP contribution is 2.25. The molecular weight excluding hydrogens is 263 g/mol. The summed E-state index contributed by atoms with van der Waals surface area (Å²) in [4.78, 5) is 0. The van der Waals surface area contributed by atoms with Crippen LogP contribution in [-0.2, 0) is 0 Å². The molecule has 1 N–H and O–H groups in total. The predicted octanol–water partition coefficient (Wildman–Crippen LogP) is 3.19. The molecule has 0 spiro atoms. The highest BCUT2D eigenvalue weighted by Gasteiger charge is 2.04. The number of nitrogens with zero attached hydrogens (tertiary/aromatic N) is 1. The molecule has 4 heteroatoms. The van der Waals surface area contributed by atoms with Crippen LogP contribution in [-0.4, -0.2) is 7.05 Å². The number of allylic oxidation sites excluding steroid dienone is 1. The Bertz CT molecular complexity index is 407. The van der Waals surface area contributed by atoms with E-state index in [9.17, 15) is 0 Å². The second-order valence-corrected chi connectivity index (χ2v) is 3.85. The van der Waals surface area contributed by atoms with Crippen molar-refractivity contribution < 1.29 is 0 Å². The molecule has 0 amide bonds. The van der Waals surface area contributed by atoms with E-state index in [1.54, 1.807) is 19.2 Å². The molecule has 0 saturated heterocycles. The van der Waals surface area contributed by atoms with Crippen molar-refractivity contribution in [2.45, 2.75) is 0 Å². The van der Waals surface area contributed by atoms with Crippen LogP contribution in [0.4, 0.5) is 0 Å². The van der Waals surface area contributed by atoms with Crippen LogP contribution in [0.3, 0.4) is 0 Å². The molecule has 2 nitrogen and oxygen atoms in total. The quantitative estimate of drug-likeness (QED) is 0.839. The molecular formula is C10H8BrClN2. The van der Waals surface area contributed by atoms with Gasteiger partial charge in [-0.05, 0) is 12.1 Å². The van der Waals surface area contributed by atoms with Gasteiger partial charge in [0.15, 0.2) is 0 Å². The zero-order valence-corrected chi connectivity index (χ0v) is 9.85. The van der Waals surface area contributed by atoms with Crippen molar-refractivity contribution in [3.63, 3.8) is 0 Å². The first-order valence-corrected chi connectivity index (χ1v) is 5.09. The number of hydrogen-bond donors (Lipinski definition) is 1. The minimum Gasteiger partial charge on any atom is -0.387 e. The number of rotatable bonds is 2. The lowest BCUT2D eigenvalue weighted by Crippen LogP contribution is -2.04. The molecule has 0 fully saturated rings. The molecule has 0 bridgehead atoms. The highest BCUT2D eigenvalue weighted by atomic mass is 79.9. The Morgan fingerprint density at radius 3 is 2.86 bits per heavy atom. The van der Waals surface area contributed by atoms with Gasteiger partial charge in [-0.15, -0.1) is 0 Å². The van der Waals surface area contributed by atoms with E-state index in [1.807, 2.05) is 12.1 Å². The maximum Gasteiger partial charge on any atom is 0.0933 e. The lowest BCUT2D eigenvalue weighted by atomic mass is 10.1. The zero-order chi connectivity index (χ0) is 10.6. The first kappa shape index (κ1) is 11.1. The van der Waals surface area contributed by atoms with Crippen LogP contribution in [0, 0.1) is 11.3 Å². The summed E-state index contributed by atoms with van der Waals surface area (Å²) in [5.41, 5.74) is 1.68. The van der Waals surface area contributed by atoms with Gasteiger partial charge in [-0.1, -0.05) is 33.6 Å². The first-order valence-electron chi connectivity index (χ1n) is 3.92. The molecule has 1 aromatic rings. The van der Waals surface area contributed by atoms with Crippen molar-refractivity contribution in [1.82, 2.24) is 5.32 Å². The van der Waals surface area contributed by atoms with Crippen LogP contribution < -0.4 is 5.32 Å². The van der Waals surface area contributed by atoms with Gasteiger partial charge in [0, 0.05) is 28.2 Å². The van der Waals surface area contributed by atoms with Crippen molar-refractivity contribution >= 4 is 33.2 Å². The molecule has 0 unspecified atom stereocenters. The average molecular weight is 272 g/mol. The van der Waals surface area contributed by atoms with Gasteiger partial charge in [0.05, 0.1) is 11.8 Å². The number of nitriles is 1. The predicted molar refractivity (Wildman–Crippen MR) is 61.8 cm³/mol. The Hall–Kier alpha value is -0.980. The average Bonchev–Trinajstić information content (AvgIpc) is 2.15. The Morgan fingerprint density at radius 2 is 2.36 bits per heavy atom. The second kappa shape index (κ2) is 5.04. The Balaban J connectivity index is 3.19. The fourth-order valence-corrected chi connectivity index (χ4v) is 1.95. The third-order valence-corrected chi connectivity index (χ3v) is 2.59. The molecule has 0 radical (unpaired) electrons. The van der Waals surface area contributed by atoms with Gasteiger partial charge in [0.25, 0.3) is 0 Å². The van der Waals surface area contributed by atoms with Crippen molar-refractivity contribution in [2.24, 2.45) is 0 Å². The number of nitrogens with one attached hydrogen (secondary N) is 1. The van der Waals surface area contributed by atoms with Gasteiger partial charge in [-0.25, -0.2) is 0 Å². The summed E-state index contributed by atoms with van der Waals surface area (Å²) in [5.74, 6) is 0.